The molecule has 1 saturated heterocycles. The average Bonchev–Trinajstić information content (AvgIpc) is 3.03. The van der Waals surface area contributed by atoms with Crippen molar-refractivity contribution in [2.45, 2.75) is 12.1 Å². The van der Waals surface area contributed by atoms with E-state index in [-0.39, 0.29) is 13.1 Å². The first kappa shape index (κ1) is 21.6. The van der Waals surface area contributed by atoms with Gasteiger partial charge in [0.05, 0.1) is 28.4 Å². The van der Waals surface area contributed by atoms with Crippen LogP contribution >= 0.6 is 0 Å². The summed E-state index contributed by atoms with van der Waals surface area (Å²) in [6, 6.07) is 1.03. The van der Waals surface area contributed by atoms with Crippen LogP contribution in [0.5, 0.6) is 0 Å². The van der Waals surface area contributed by atoms with Crippen LogP contribution in [0.2, 0.25) is 0 Å². The molecule has 0 spiro atoms. The molecule has 6 N–H and O–H groups in total. The number of halogens is 4. The fourth-order valence-corrected chi connectivity index (χ4v) is 3.77. The lowest BCUT2D eigenvalue weighted by Gasteiger charge is -2.22. The molecule has 0 unspecified atom stereocenters. The third kappa shape index (κ3) is 3.24. The summed E-state index contributed by atoms with van der Waals surface area (Å²) >= 11 is 0. The van der Waals surface area contributed by atoms with E-state index in [1.807, 2.05) is 0 Å². The van der Waals surface area contributed by atoms with Crippen molar-refractivity contribution in [3.05, 3.63) is 63.5 Å². The molecule has 0 radical (unpaired) electrons. The Balaban J connectivity index is 2.12. The van der Waals surface area contributed by atoms with Crippen LogP contribution in [-0.4, -0.2) is 46.0 Å². The number of anilines is 2. The van der Waals surface area contributed by atoms with Gasteiger partial charge in [-0.05, 0) is 12.1 Å². The van der Waals surface area contributed by atoms with Crippen molar-refractivity contribution >= 4 is 28.2 Å². The monoisotopic (exact) mass is 452 g/mol. The summed E-state index contributed by atoms with van der Waals surface area (Å²) in [7, 11) is 0. The Hall–Kier alpha value is -3.64. The van der Waals surface area contributed by atoms with Gasteiger partial charge in [-0.15, -0.1) is 0 Å². The van der Waals surface area contributed by atoms with Crippen molar-refractivity contribution in [2.75, 3.05) is 23.7 Å². The molecule has 0 amide bonds. The molecular weight excluding hydrogens is 436 g/mol. The van der Waals surface area contributed by atoms with E-state index in [0.717, 1.165) is 11.0 Å². The molecule has 12 heteroatoms. The molecule has 0 aliphatic carbocycles. The predicted molar refractivity (Wildman–Crippen MR) is 107 cm³/mol. The zero-order valence-electron chi connectivity index (χ0n) is 16.2. The average molecular weight is 452 g/mol. The number of fused-ring (bicyclic) bond motifs is 1. The fourth-order valence-electron chi connectivity index (χ4n) is 3.77. The van der Waals surface area contributed by atoms with Crippen LogP contribution in [0.4, 0.5) is 28.9 Å². The first-order chi connectivity index (χ1) is 15.0. The summed E-state index contributed by atoms with van der Waals surface area (Å²) in [5.41, 5.74) is 6.70. The highest BCUT2D eigenvalue weighted by Gasteiger charge is 2.33. The SMILES string of the molecule is Nc1cc(-n2cc(C(=O)O)c(=O)c3cc(F)c(N4C[C@H](N)[C@@H](O)C4)c(F)c32)c(F)cc1F. The second-order valence-corrected chi connectivity index (χ2v) is 7.43. The fraction of sp³-hybridized carbons (Fsp3) is 0.200. The smallest absolute Gasteiger partial charge is 0.341 e. The Morgan fingerprint density at radius 3 is 2.34 bits per heavy atom. The Labute approximate surface area is 176 Å². The molecule has 1 fully saturated rings. The van der Waals surface area contributed by atoms with E-state index < -0.39 is 80.3 Å². The van der Waals surface area contributed by atoms with E-state index in [9.17, 15) is 33.0 Å². The third-order valence-electron chi connectivity index (χ3n) is 5.36. The van der Waals surface area contributed by atoms with E-state index in [1.165, 1.54) is 0 Å². The van der Waals surface area contributed by atoms with Crippen LogP contribution in [0, 0.1) is 23.3 Å². The number of aliphatic hydroxyl groups is 1. The van der Waals surface area contributed by atoms with Crippen LogP contribution in [0.3, 0.4) is 0 Å². The molecule has 4 rings (SSSR count). The standard InChI is InChI=1S/C20H16F4N4O4/c21-9-2-10(22)14(3-12(9)25)28-4-8(20(31)32)19(30)7-1-11(23)18(16(24)17(7)28)27-5-13(26)15(29)6-27/h1-4,13,15,29H,5-6,25-26H2,(H,31,32)/t13-,15-/m0/s1. The molecule has 8 nitrogen and oxygen atoms in total. The maximum Gasteiger partial charge on any atom is 0.341 e. The van der Waals surface area contributed by atoms with Crippen molar-refractivity contribution in [3.63, 3.8) is 0 Å². The number of hydrogen-bond acceptors (Lipinski definition) is 6. The van der Waals surface area contributed by atoms with Crippen LogP contribution < -0.4 is 21.8 Å². The number of aromatic nitrogens is 1. The third-order valence-corrected chi connectivity index (χ3v) is 5.36. The lowest BCUT2D eigenvalue weighted by atomic mass is 10.1. The molecule has 2 atom stereocenters. The van der Waals surface area contributed by atoms with E-state index in [0.29, 0.717) is 22.9 Å². The maximum atomic E-state index is 15.7. The Morgan fingerprint density at radius 2 is 1.75 bits per heavy atom. The van der Waals surface area contributed by atoms with Gasteiger partial charge in [-0.1, -0.05) is 0 Å². The van der Waals surface area contributed by atoms with Crippen molar-refractivity contribution in [1.82, 2.24) is 4.57 Å². The van der Waals surface area contributed by atoms with Gasteiger partial charge in [0.2, 0.25) is 5.43 Å². The van der Waals surface area contributed by atoms with Crippen LogP contribution in [0.15, 0.2) is 29.2 Å². The highest BCUT2D eigenvalue weighted by atomic mass is 19.1. The number of β-amino-alcohol motifs (C(OH)–C–C–N with tert-alkyl or cyclic N) is 1. The van der Waals surface area contributed by atoms with E-state index >= 15 is 4.39 Å². The zero-order valence-corrected chi connectivity index (χ0v) is 16.2. The molecule has 0 bridgehead atoms. The van der Waals surface area contributed by atoms with Gasteiger partial charge in [0.1, 0.15) is 28.7 Å². The lowest BCUT2D eigenvalue weighted by molar-refractivity contribution is 0.0695. The van der Waals surface area contributed by atoms with E-state index in [2.05, 4.69) is 0 Å². The lowest BCUT2D eigenvalue weighted by Crippen LogP contribution is -2.32. The van der Waals surface area contributed by atoms with Gasteiger partial charge < -0.3 is 31.1 Å². The Bertz CT molecular complexity index is 1330. The van der Waals surface area contributed by atoms with Gasteiger partial charge in [-0.3, -0.25) is 4.79 Å². The largest absolute Gasteiger partial charge is 0.477 e. The summed E-state index contributed by atoms with van der Waals surface area (Å²) < 4.78 is 59.5. The second kappa shape index (κ2) is 7.50. The predicted octanol–water partition coefficient (Wildman–Crippen LogP) is 1.34. The van der Waals surface area contributed by atoms with E-state index in [1.54, 1.807) is 0 Å². The summed E-state index contributed by atoms with van der Waals surface area (Å²) in [6.07, 6.45) is -0.423. The minimum Gasteiger partial charge on any atom is -0.477 e. The number of hydrogen-bond donors (Lipinski definition) is 4. The maximum absolute atomic E-state index is 15.7. The van der Waals surface area contributed by atoms with Crippen LogP contribution in [0.25, 0.3) is 16.6 Å². The Morgan fingerprint density at radius 1 is 1.06 bits per heavy atom. The van der Waals surface area contributed by atoms with Gasteiger partial charge in [0.25, 0.3) is 0 Å². The number of rotatable bonds is 3. The van der Waals surface area contributed by atoms with Gasteiger partial charge in [0, 0.05) is 31.4 Å². The summed E-state index contributed by atoms with van der Waals surface area (Å²) in [5.74, 6) is -6.59. The molecule has 168 valence electrons. The summed E-state index contributed by atoms with van der Waals surface area (Å²) in [4.78, 5) is 25.3. The molecule has 2 heterocycles. The van der Waals surface area contributed by atoms with Crippen molar-refractivity contribution in [3.8, 4) is 5.69 Å². The van der Waals surface area contributed by atoms with Gasteiger partial charge in [-0.2, -0.15) is 0 Å². The number of benzene rings is 2. The highest BCUT2D eigenvalue weighted by Crippen LogP contribution is 2.34. The number of carboxylic acid groups (broad SMARTS) is 1. The minimum absolute atomic E-state index is 0.115. The molecule has 1 aliphatic rings. The minimum atomic E-state index is -1.72. The summed E-state index contributed by atoms with van der Waals surface area (Å²) in [5, 5.41) is 18.5. The molecule has 3 aromatic rings. The normalized spacial score (nSPS) is 18.5. The number of nitrogen functional groups attached to an aromatic ring is 1. The van der Waals surface area contributed by atoms with Crippen LogP contribution in [0.1, 0.15) is 10.4 Å². The summed E-state index contributed by atoms with van der Waals surface area (Å²) in [6.45, 7) is -0.328. The first-order valence-corrected chi connectivity index (χ1v) is 9.25. The number of aromatic carboxylic acids is 1. The topological polar surface area (TPSA) is 135 Å². The zero-order chi connectivity index (χ0) is 23.5. The number of aliphatic hydroxyl groups excluding tert-OH is 1. The van der Waals surface area contributed by atoms with E-state index in [4.69, 9.17) is 11.5 Å². The van der Waals surface area contributed by atoms with Crippen molar-refractivity contribution in [1.29, 1.82) is 0 Å². The number of carbonyl (C=O) groups is 1. The number of nitrogens with two attached hydrogens (primary N) is 2. The number of pyridine rings is 1. The van der Waals surface area contributed by atoms with Crippen molar-refractivity contribution in [2.24, 2.45) is 5.73 Å². The van der Waals surface area contributed by atoms with Gasteiger partial charge >= 0.3 is 5.97 Å². The first-order valence-electron chi connectivity index (χ1n) is 9.25. The van der Waals surface area contributed by atoms with Crippen molar-refractivity contribution < 1.29 is 32.6 Å². The quantitative estimate of drug-likeness (QED) is 0.348. The second-order valence-electron chi connectivity index (χ2n) is 7.43. The molecule has 0 saturated carbocycles. The molecule has 32 heavy (non-hydrogen) atoms. The molecule has 1 aliphatic heterocycles. The van der Waals surface area contributed by atoms with Gasteiger partial charge in [0.15, 0.2) is 5.82 Å². The Kier molecular flexibility index (Phi) is 5.06. The van der Waals surface area contributed by atoms with Gasteiger partial charge in [-0.25, -0.2) is 22.4 Å². The molecule has 1 aromatic heterocycles. The number of carboxylic acids is 1. The molecular formula is C20H16F4N4O4. The number of nitrogens with zero attached hydrogens (tertiary/aromatic N) is 2. The highest BCUT2D eigenvalue weighted by molar-refractivity contribution is 5.94. The molecule has 2 aromatic carbocycles. The van der Waals surface area contributed by atoms with Crippen LogP contribution in [-0.2, 0) is 0 Å².